The zero-order chi connectivity index (χ0) is 17.5. The summed E-state index contributed by atoms with van der Waals surface area (Å²) in [5.74, 6) is 2.25. The molecular weight excluding hydrogens is 306 g/mol. The molecule has 0 aromatic heterocycles. The molecule has 3 rings (SSSR count). The highest BCUT2D eigenvalue weighted by Gasteiger charge is 2.12. The Hall–Kier alpha value is -2.74. The van der Waals surface area contributed by atoms with Crippen LogP contribution in [0.2, 0.25) is 0 Å². The second-order valence-electron chi connectivity index (χ2n) is 6.54. The van der Waals surface area contributed by atoms with Gasteiger partial charge in [0.2, 0.25) is 0 Å². The third-order valence-electron chi connectivity index (χ3n) is 4.48. The fourth-order valence-corrected chi connectivity index (χ4v) is 2.81. The quantitative estimate of drug-likeness (QED) is 0.560. The summed E-state index contributed by atoms with van der Waals surface area (Å²) in [6.45, 7) is 4.53. The highest BCUT2D eigenvalue weighted by atomic mass is 16.5. The van der Waals surface area contributed by atoms with Crippen LogP contribution < -0.4 is 10.1 Å². The van der Waals surface area contributed by atoms with Gasteiger partial charge < -0.3 is 10.1 Å². The van der Waals surface area contributed by atoms with Crippen molar-refractivity contribution in [1.82, 2.24) is 0 Å². The number of para-hydroxylation sites is 1. The van der Waals surface area contributed by atoms with E-state index in [2.05, 4.69) is 61.6 Å². The molecule has 3 aromatic carbocycles. The molecule has 0 aliphatic rings. The predicted molar refractivity (Wildman–Crippen MR) is 105 cm³/mol. The predicted octanol–water partition coefficient (Wildman–Crippen LogP) is 6.16. The van der Waals surface area contributed by atoms with Crippen molar-refractivity contribution in [3.05, 3.63) is 90.5 Å². The van der Waals surface area contributed by atoms with Crippen LogP contribution in [0.4, 0.5) is 5.69 Å². The average molecular weight is 331 g/mol. The molecule has 0 aliphatic carbocycles. The van der Waals surface area contributed by atoms with Crippen LogP contribution in [0, 0.1) is 5.92 Å². The molecule has 128 valence electrons. The van der Waals surface area contributed by atoms with Gasteiger partial charge in [-0.15, -0.1) is 0 Å². The summed E-state index contributed by atoms with van der Waals surface area (Å²) in [5, 5.41) is 3.60. The van der Waals surface area contributed by atoms with Gasteiger partial charge in [0.05, 0.1) is 0 Å². The molecule has 0 radical (unpaired) electrons. The van der Waals surface area contributed by atoms with Gasteiger partial charge in [0.1, 0.15) is 11.5 Å². The van der Waals surface area contributed by atoms with Crippen LogP contribution in [0.3, 0.4) is 0 Å². The minimum Gasteiger partial charge on any atom is -0.457 e. The molecule has 0 spiro atoms. The van der Waals surface area contributed by atoms with Gasteiger partial charge in [0.25, 0.3) is 0 Å². The first kappa shape index (κ1) is 17.1. The SMILES string of the molecule is CC(Cc1ccccc1)C(C)Nc1ccc(Oc2ccccc2)cc1. The molecular formula is C23H25NO. The van der Waals surface area contributed by atoms with E-state index in [0.717, 1.165) is 23.6 Å². The second kappa shape index (κ2) is 8.39. The van der Waals surface area contributed by atoms with E-state index in [0.29, 0.717) is 12.0 Å². The first-order valence-electron chi connectivity index (χ1n) is 8.84. The van der Waals surface area contributed by atoms with Crippen LogP contribution in [0.1, 0.15) is 19.4 Å². The van der Waals surface area contributed by atoms with Crippen molar-refractivity contribution in [2.45, 2.75) is 26.3 Å². The third kappa shape index (κ3) is 5.12. The summed E-state index contributed by atoms with van der Waals surface area (Å²) >= 11 is 0. The van der Waals surface area contributed by atoms with Gasteiger partial charge in [-0.05, 0) is 61.2 Å². The van der Waals surface area contributed by atoms with Crippen LogP contribution in [0.5, 0.6) is 11.5 Å². The Morgan fingerprint density at radius 3 is 1.92 bits per heavy atom. The van der Waals surface area contributed by atoms with E-state index in [9.17, 15) is 0 Å². The van der Waals surface area contributed by atoms with E-state index in [4.69, 9.17) is 4.74 Å². The number of anilines is 1. The summed E-state index contributed by atoms with van der Waals surface area (Å²) in [6, 6.07) is 29.0. The molecule has 0 heterocycles. The maximum absolute atomic E-state index is 5.84. The molecule has 2 atom stereocenters. The standard InChI is InChI=1S/C23H25NO/c1-18(17-20-9-5-3-6-10-20)19(2)24-21-13-15-23(16-14-21)25-22-11-7-4-8-12-22/h3-16,18-19,24H,17H2,1-2H3. The van der Waals surface area contributed by atoms with Crippen molar-refractivity contribution in [1.29, 1.82) is 0 Å². The van der Waals surface area contributed by atoms with Crippen molar-refractivity contribution >= 4 is 5.69 Å². The lowest BCUT2D eigenvalue weighted by Gasteiger charge is -2.22. The lowest BCUT2D eigenvalue weighted by molar-refractivity contribution is 0.482. The first-order valence-corrected chi connectivity index (χ1v) is 8.84. The van der Waals surface area contributed by atoms with Crippen molar-refractivity contribution in [3.63, 3.8) is 0 Å². The Morgan fingerprint density at radius 1 is 0.720 bits per heavy atom. The Balaban J connectivity index is 1.55. The van der Waals surface area contributed by atoms with Gasteiger partial charge in [0, 0.05) is 11.7 Å². The molecule has 0 fully saturated rings. The van der Waals surface area contributed by atoms with Crippen molar-refractivity contribution < 1.29 is 4.74 Å². The molecule has 0 aliphatic heterocycles. The number of hydrogen-bond acceptors (Lipinski definition) is 2. The average Bonchev–Trinajstić information content (AvgIpc) is 2.65. The summed E-state index contributed by atoms with van der Waals surface area (Å²) in [7, 11) is 0. The summed E-state index contributed by atoms with van der Waals surface area (Å²) in [6.07, 6.45) is 1.07. The van der Waals surface area contributed by atoms with Gasteiger partial charge in [-0.25, -0.2) is 0 Å². The number of hydrogen-bond donors (Lipinski definition) is 1. The molecule has 0 amide bonds. The topological polar surface area (TPSA) is 21.3 Å². The molecule has 3 aromatic rings. The van der Waals surface area contributed by atoms with Crippen molar-refractivity contribution in [3.8, 4) is 11.5 Å². The number of ether oxygens (including phenoxy) is 1. The van der Waals surface area contributed by atoms with Crippen LogP contribution >= 0.6 is 0 Å². The minimum absolute atomic E-state index is 0.390. The largest absolute Gasteiger partial charge is 0.457 e. The van der Waals surface area contributed by atoms with Crippen LogP contribution in [0.25, 0.3) is 0 Å². The van der Waals surface area contributed by atoms with Gasteiger partial charge >= 0.3 is 0 Å². The molecule has 1 N–H and O–H groups in total. The van der Waals surface area contributed by atoms with E-state index in [1.807, 2.05) is 42.5 Å². The monoisotopic (exact) mass is 331 g/mol. The Labute approximate surface area is 150 Å². The van der Waals surface area contributed by atoms with Crippen LogP contribution in [-0.2, 0) is 6.42 Å². The number of rotatable bonds is 7. The molecule has 25 heavy (non-hydrogen) atoms. The zero-order valence-electron chi connectivity index (χ0n) is 14.9. The van der Waals surface area contributed by atoms with Crippen molar-refractivity contribution in [2.75, 3.05) is 5.32 Å². The molecule has 0 bridgehead atoms. The van der Waals surface area contributed by atoms with E-state index in [1.54, 1.807) is 0 Å². The highest BCUT2D eigenvalue weighted by Crippen LogP contribution is 2.24. The maximum Gasteiger partial charge on any atom is 0.127 e. The maximum atomic E-state index is 5.84. The first-order chi connectivity index (χ1) is 12.2. The van der Waals surface area contributed by atoms with Gasteiger partial charge in [-0.3, -0.25) is 0 Å². The lowest BCUT2D eigenvalue weighted by atomic mass is 9.95. The molecule has 2 nitrogen and oxygen atoms in total. The Morgan fingerprint density at radius 2 is 1.28 bits per heavy atom. The Kier molecular flexibility index (Phi) is 5.73. The fraction of sp³-hybridized carbons (Fsp3) is 0.217. The zero-order valence-corrected chi connectivity index (χ0v) is 14.9. The summed E-state index contributed by atoms with van der Waals surface area (Å²) in [5.41, 5.74) is 2.50. The normalized spacial score (nSPS) is 13.0. The van der Waals surface area contributed by atoms with E-state index < -0.39 is 0 Å². The van der Waals surface area contributed by atoms with Gasteiger partial charge in [-0.2, -0.15) is 0 Å². The second-order valence-corrected chi connectivity index (χ2v) is 6.54. The third-order valence-corrected chi connectivity index (χ3v) is 4.48. The van der Waals surface area contributed by atoms with Gasteiger partial charge in [0.15, 0.2) is 0 Å². The number of nitrogens with one attached hydrogen (secondary N) is 1. The van der Waals surface area contributed by atoms with Crippen LogP contribution in [-0.4, -0.2) is 6.04 Å². The van der Waals surface area contributed by atoms with Crippen LogP contribution in [0.15, 0.2) is 84.9 Å². The van der Waals surface area contributed by atoms with Crippen molar-refractivity contribution in [2.24, 2.45) is 5.92 Å². The number of benzene rings is 3. The molecule has 0 saturated heterocycles. The smallest absolute Gasteiger partial charge is 0.127 e. The summed E-state index contributed by atoms with van der Waals surface area (Å²) in [4.78, 5) is 0. The van der Waals surface area contributed by atoms with E-state index in [-0.39, 0.29) is 0 Å². The van der Waals surface area contributed by atoms with Gasteiger partial charge in [-0.1, -0.05) is 55.5 Å². The Bertz CT molecular complexity index is 753. The molecule has 2 unspecified atom stereocenters. The van der Waals surface area contributed by atoms with E-state index >= 15 is 0 Å². The van der Waals surface area contributed by atoms with E-state index in [1.165, 1.54) is 5.56 Å². The minimum atomic E-state index is 0.390. The lowest BCUT2D eigenvalue weighted by Crippen LogP contribution is -2.25. The summed E-state index contributed by atoms with van der Waals surface area (Å²) < 4.78 is 5.84. The highest BCUT2D eigenvalue weighted by molar-refractivity contribution is 5.48. The molecule has 0 saturated carbocycles. The fourth-order valence-electron chi connectivity index (χ4n) is 2.81. The molecule has 2 heteroatoms.